The van der Waals surface area contributed by atoms with Crippen molar-refractivity contribution in [2.45, 2.75) is 0 Å². The first-order chi connectivity index (χ1) is 5.00. The summed E-state index contributed by atoms with van der Waals surface area (Å²) in [5, 5.41) is 0. The molecule has 0 N–H and O–H groups in total. The molecule has 1 fully saturated rings. The molecule has 1 rings (SSSR count). The molecule has 1 aliphatic heterocycles. The lowest BCUT2D eigenvalue weighted by molar-refractivity contribution is -0.0334. The highest BCUT2D eigenvalue weighted by atomic mass is 16.6. The van der Waals surface area contributed by atoms with E-state index < -0.39 is 0 Å². The predicted molar refractivity (Wildman–Crippen MR) is 44.1 cm³/mol. The maximum atomic E-state index is 4.94. The van der Waals surface area contributed by atoms with E-state index in [1.54, 1.807) is 0 Å². The summed E-state index contributed by atoms with van der Waals surface area (Å²) >= 11 is 0. The summed E-state index contributed by atoms with van der Waals surface area (Å²) in [6, 6.07) is 0. The van der Waals surface area contributed by atoms with E-state index in [1.807, 2.05) is 0 Å². The molecule has 0 aromatic heterocycles. The Balaban J connectivity index is 0. The van der Waals surface area contributed by atoms with Gasteiger partial charge in [0, 0.05) is 0 Å². The van der Waals surface area contributed by atoms with Crippen LogP contribution < -0.4 is 0 Å². The van der Waals surface area contributed by atoms with Crippen LogP contribution in [0.5, 0.6) is 0 Å². The molecule has 0 spiro atoms. The largest absolute Gasteiger partial charge is 0.377 e. The van der Waals surface area contributed by atoms with E-state index in [1.165, 1.54) is 0 Å². The average molecular weight is 144 g/mol. The van der Waals surface area contributed by atoms with Crippen molar-refractivity contribution in [1.29, 1.82) is 0 Å². The molecule has 1 heterocycles. The third-order valence-electron chi connectivity index (χ3n) is 0.744. The first-order valence-electron chi connectivity index (χ1n) is 3.15. The van der Waals surface area contributed by atoms with E-state index in [-0.39, 0.29) is 0 Å². The van der Waals surface area contributed by atoms with Gasteiger partial charge in [0.05, 0.1) is 26.4 Å². The second kappa shape index (κ2) is 15.8. The molecule has 10 heavy (non-hydrogen) atoms. The lowest BCUT2D eigenvalue weighted by Gasteiger charge is -2.09. The quantitative estimate of drug-likeness (QED) is 0.481. The van der Waals surface area contributed by atoms with Crippen LogP contribution >= 0.6 is 0 Å². The second-order valence-corrected chi connectivity index (χ2v) is 1.22. The molecule has 0 amide bonds. The highest BCUT2D eigenvalue weighted by molar-refractivity contribution is 4.37. The molecular formula is C8H16O2. The minimum Gasteiger partial charge on any atom is -0.377 e. The number of ether oxygens (including phenoxy) is 2. The van der Waals surface area contributed by atoms with Crippen LogP contribution in [0.1, 0.15) is 0 Å². The molecule has 0 aromatic rings. The summed E-state index contributed by atoms with van der Waals surface area (Å²) in [6.45, 7) is 15.1. The maximum Gasteiger partial charge on any atom is 0.0701 e. The van der Waals surface area contributed by atoms with Gasteiger partial charge in [0.15, 0.2) is 0 Å². The summed E-state index contributed by atoms with van der Waals surface area (Å²) < 4.78 is 9.89. The fourth-order valence-corrected chi connectivity index (χ4v) is 0.440. The average Bonchev–Trinajstić information content (AvgIpc) is 2.14. The van der Waals surface area contributed by atoms with E-state index in [2.05, 4.69) is 26.3 Å². The van der Waals surface area contributed by atoms with Crippen LogP contribution in [0.2, 0.25) is 0 Å². The first kappa shape index (κ1) is 12.1. The van der Waals surface area contributed by atoms with Crippen LogP contribution in [0.15, 0.2) is 26.3 Å². The zero-order chi connectivity index (χ0) is 8.24. The monoisotopic (exact) mass is 144 g/mol. The van der Waals surface area contributed by atoms with Crippen LogP contribution in [0, 0.1) is 0 Å². The van der Waals surface area contributed by atoms with E-state index in [9.17, 15) is 0 Å². The van der Waals surface area contributed by atoms with Gasteiger partial charge in [0.25, 0.3) is 0 Å². The summed E-state index contributed by atoms with van der Waals surface area (Å²) in [5.41, 5.74) is 0. The molecule has 0 atom stereocenters. The smallest absolute Gasteiger partial charge is 0.0701 e. The van der Waals surface area contributed by atoms with Crippen molar-refractivity contribution in [3.05, 3.63) is 26.3 Å². The standard InChI is InChI=1S/C4H8O2.2C2H4/c1-2-6-4-3-5-1;2*1-2/h1-4H2;2*1-2H2. The fraction of sp³-hybridized carbons (Fsp3) is 0.500. The first-order valence-corrected chi connectivity index (χ1v) is 3.15. The topological polar surface area (TPSA) is 18.5 Å². The number of rotatable bonds is 0. The van der Waals surface area contributed by atoms with Crippen molar-refractivity contribution in [1.82, 2.24) is 0 Å². The lowest BCUT2D eigenvalue weighted by atomic mass is 10.6. The Labute approximate surface area is 63.1 Å². The van der Waals surface area contributed by atoms with Gasteiger partial charge in [-0.25, -0.2) is 0 Å². The molecule has 2 heteroatoms. The van der Waals surface area contributed by atoms with Gasteiger partial charge < -0.3 is 9.47 Å². The third-order valence-corrected chi connectivity index (χ3v) is 0.744. The maximum absolute atomic E-state index is 4.94. The number of hydrogen-bond donors (Lipinski definition) is 0. The van der Waals surface area contributed by atoms with Crippen molar-refractivity contribution in [2.75, 3.05) is 26.4 Å². The molecule has 2 nitrogen and oxygen atoms in total. The van der Waals surface area contributed by atoms with Gasteiger partial charge in [0.2, 0.25) is 0 Å². The molecule has 0 aromatic carbocycles. The van der Waals surface area contributed by atoms with Crippen LogP contribution in [0.4, 0.5) is 0 Å². The van der Waals surface area contributed by atoms with Gasteiger partial charge >= 0.3 is 0 Å². The zero-order valence-electron chi connectivity index (χ0n) is 6.47. The Hall–Kier alpha value is -0.600. The Bertz CT molecular complexity index is 37.7. The Morgan fingerprint density at radius 1 is 0.600 bits per heavy atom. The van der Waals surface area contributed by atoms with Crippen LogP contribution in [-0.4, -0.2) is 26.4 Å². The van der Waals surface area contributed by atoms with Crippen molar-refractivity contribution < 1.29 is 9.47 Å². The third kappa shape index (κ3) is 10.4. The van der Waals surface area contributed by atoms with Gasteiger partial charge in [-0.2, -0.15) is 0 Å². The summed E-state index contributed by atoms with van der Waals surface area (Å²) in [6.07, 6.45) is 0. The van der Waals surface area contributed by atoms with Gasteiger partial charge in [0.1, 0.15) is 0 Å². The van der Waals surface area contributed by atoms with Gasteiger partial charge in [-0.05, 0) is 0 Å². The van der Waals surface area contributed by atoms with Crippen LogP contribution in [0.3, 0.4) is 0 Å². The number of hydrogen-bond acceptors (Lipinski definition) is 2. The molecule has 0 bridgehead atoms. The lowest BCUT2D eigenvalue weighted by Crippen LogP contribution is -2.16. The zero-order valence-corrected chi connectivity index (χ0v) is 6.47. The van der Waals surface area contributed by atoms with Crippen LogP contribution in [-0.2, 0) is 9.47 Å². The van der Waals surface area contributed by atoms with Crippen molar-refractivity contribution in [3.63, 3.8) is 0 Å². The molecule has 0 saturated carbocycles. The summed E-state index contributed by atoms with van der Waals surface area (Å²) in [5.74, 6) is 0. The minimum atomic E-state index is 0.778. The van der Waals surface area contributed by atoms with Crippen LogP contribution in [0.25, 0.3) is 0 Å². The van der Waals surface area contributed by atoms with Gasteiger partial charge in [-0.15, -0.1) is 26.3 Å². The minimum absolute atomic E-state index is 0.778. The highest BCUT2D eigenvalue weighted by Crippen LogP contribution is 1.85. The summed E-state index contributed by atoms with van der Waals surface area (Å²) in [4.78, 5) is 0. The van der Waals surface area contributed by atoms with Crippen molar-refractivity contribution in [2.24, 2.45) is 0 Å². The van der Waals surface area contributed by atoms with Gasteiger partial charge in [-0.3, -0.25) is 0 Å². The molecular weight excluding hydrogens is 128 g/mol. The van der Waals surface area contributed by atoms with Gasteiger partial charge in [-0.1, -0.05) is 0 Å². The van der Waals surface area contributed by atoms with Crippen molar-refractivity contribution >= 4 is 0 Å². The second-order valence-electron chi connectivity index (χ2n) is 1.22. The van der Waals surface area contributed by atoms with E-state index >= 15 is 0 Å². The molecule has 0 radical (unpaired) electrons. The highest BCUT2D eigenvalue weighted by Gasteiger charge is 1.94. The van der Waals surface area contributed by atoms with E-state index in [0.29, 0.717) is 0 Å². The normalized spacial score (nSPS) is 15.2. The molecule has 1 aliphatic rings. The summed E-state index contributed by atoms with van der Waals surface area (Å²) in [7, 11) is 0. The molecule has 0 unspecified atom stereocenters. The molecule has 1 saturated heterocycles. The Morgan fingerprint density at radius 3 is 0.900 bits per heavy atom. The predicted octanol–water partition coefficient (Wildman–Crippen LogP) is 1.64. The molecule has 0 aliphatic carbocycles. The van der Waals surface area contributed by atoms with Crippen molar-refractivity contribution in [3.8, 4) is 0 Å². The fourth-order valence-electron chi connectivity index (χ4n) is 0.440. The Morgan fingerprint density at radius 2 is 0.800 bits per heavy atom. The van der Waals surface area contributed by atoms with E-state index in [0.717, 1.165) is 26.4 Å². The van der Waals surface area contributed by atoms with E-state index in [4.69, 9.17) is 9.47 Å². The molecule has 60 valence electrons. The Kier molecular flexibility index (Phi) is 19.1. The SMILES string of the molecule is C1COCCO1.C=C.C=C.